The summed E-state index contributed by atoms with van der Waals surface area (Å²) in [5.41, 5.74) is 7.16. The van der Waals surface area contributed by atoms with Crippen molar-refractivity contribution >= 4 is 28.2 Å². The molecule has 0 amide bonds. The highest BCUT2D eigenvalue weighted by molar-refractivity contribution is 6.38. The highest BCUT2D eigenvalue weighted by Crippen LogP contribution is 2.33. The fourth-order valence-corrected chi connectivity index (χ4v) is 2.42. The quantitative estimate of drug-likeness (QED) is 0.835. The van der Waals surface area contributed by atoms with Gasteiger partial charge < -0.3 is 10.3 Å². The fraction of sp³-hybridized carbons (Fsp3) is 0.385. The minimum Gasteiger partial charge on any atom is -0.398 e. The predicted molar refractivity (Wildman–Crippen MR) is 71.4 cm³/mol. The van der Waals surface area contributed by atoms with Crippen LogP contribution in [0.15, 0.2) is 18.2 Å². The summed E-state index contributed by atoms with van der Waals surface area (Å²) in [6.07, 6.45) is -2.93. The lowest BCUT2D eigenvalue weighted by Crippen LogP contribution is -2.19. The van der Waals surface area contributed by atoms with Gasteiger partial charge >= 0.3 is 6.18 Å². The zero-order valence-electron chi connectivity index (χ0n) is 10.4. The van der Waals surface area contributed by atoms with Gasteiger partial charge in [-0.2, -0.15) is 13.2 Å². The summed E-state index contributed by atoms with van der Waals surface area (Å²) in [5.74, 6) is 0. The molecule has 0 bridgehead atoms. The van der Waals surface area contributed by atoms with Gasteiger partial charge in [-0.15, -0.1) is 0 Å². The maximum Gasteiger partial charge on any atom is 0.406 e. The first-order valence-corrected chi connectivity index (χ1v) is 6.34. The van der Waals surface area contributed by atoms with Crippen LogP contribution in [-0.2, 0) is 13.0 Å². The number of benzene rings is 1. The molecule has 19 heavy (non-hydrogen) atoms. The largest absolute Gasteiger partial charge is 0.406 e. The van der Waals surface area contributed by atoms with Crippen molar-refractivity contribution in [2.75, 3.05) is 5.73 Å². The van der Waals surface area contributed by atoms with E-state index < -0.39 is 12.7 Å². The first-order valence-electron chi connectivity index (χ1n) is 5.96. The van der Waals surface area contributed by atoms with Crippen LogP contribution >= 0.6 is 11.6 Å². The van der Waals surface area contributed by atoms with Crippen LogP contribution in [0.3, 0.4) is 0 Å². The zero-order chi connectivity index (χ0) is 14.2. The minimum absolute atomic E-state index is 0.316. The van der Waals surface area contributed by atoms with Gasteiger partial charge in [0.1, 0.15) is 6.54 Å². The van der Waals surface area contributed by atoms with E-state index in [-0.39, 0.29) is 0 Å². The van der Waals surface area contributed by atoms with Gasteiger partial charge in [-0.05, 0) is 24.6 Å². The van der Waals surface area contributed by atoms with E-state index in [1.807, 2.05) is 6.92 Å². The second kappa shape index (κ2) is 4.96. The Labute approximate surface area is 113 Å². The predicted octanol–water partition coefficient (Wildman–Crippen LogP) is 4.39. The number of hydrogen-bond donors (Lipinski definition) is 1. The molecule has 2 rings (SSSR count). The van der Waals surface area contributed by atoms with Gasteiger partial charge in [0, 0.05) is 11.1 Å². The number of nitrogens with zero attached hydrogens (tertiary/aromatic N) is 1. The van der Waals surface area contributed by atoms with Crippen LogP contribution in [-0.4, -0.2) is 10.7 Å². The van der Waals surface area contributed by atoms with E-state index >= 15 is 0 Å². The Morgan fingerprint density at radius 1 is 1.32 bits per heavy atom. The molecule has 0 atom stereocenters. The van der Waals surface area contributed by atoms with Crippen LogP contribution in [0.4, 0.5) is 18.9 Å². The maximum atomic E-state index is 12.7. The van der Waals surface area contributed by atoms with Crippen LogP contribution in [0.1, 0.15) is 19.0 Å². The van der Waals surface area contributed by atoms with E-state index in [1.165, 1.54) is 10.6 Å². The van der Waals surface area contributed by atoms with Crippen molar-refractivity contribution in [3.63, 3.8) is 0 Å². The number of aryl methyl sites for hydroxylation is 1. The molecule has 2 aromatic rings. The SMILES string of the molecule is CCCc1cc2c(Cl)c(N)ccc2n1CC(F)(F)F. The van der Waals surface area contributed by atoms with Gasteiger partial charge in [0.15, 0.2) is 0 Å². The lowest BCUT2D eigenvalue weighted by molar-refractivity contribution is -0.140. The van der Waals surface area contributed by atoms with E-state index in [9.17, 15) is 13.2 Å². The van der Waals surface area contributed by atoms with Gasteiger partial charge in [0.05, 0.1) is 16.2 Å². The van der Waals surface area contributed by atoms with Crippen LogP contribution < -0.4 is 5.73 Å². The molecule has 104 valence electrons. The highest BCUT2D eigenvalue weighted by atomic mass is 35.5. The van der Waals surface area contributed by atoms with E-state index in [0.29, 0.717) is 33.7 Å². The first kappa shape index (κ1) is 14.1. The number of halogens is 4. The molecule has 2 N–H and O–H groups in total. The van der Waals surface area contributed by atoms with Crippen LogP contribution in [0.25, 0.3) is 10.9 Å². The summed E-state index contributed by atoms with van der Waals surface area (Å²) in [6.45, 7) is 0.914. The Morgan fingerprint density at radius 2 is 2.00 bits per heavy atom. The van der Waals surface area contributed by atoms with Crippen LogP contribution in [0.2, 0.25) is 5.02 Å². The van der Waals surface area contributed by atoms with Crippen molar-refractivity contribution in [3.8, 4) is 0 Å². The molecule has 0 radical (unpaired) electrons. The second-order valence-corrected chi connectivity index (χ2v) is 4.87. The lowest BCUT2D eigenvalue weighted by atomic mass is 10.2. The number of hydrogen-bond acceptors (Lipinski definition) is 1. The number of anilines is 1. The van der Waals surface area contributed by atoms with Gasteiger partial charge in [0.25, 0.3) is 0 Å². The average Bonchev–Trinajstić information content (AvgIpc) is 2.62. The zero-order valence-corrected chi connectivity index (χ0v) is 11.1. The Balaban J connectivity index is 2.64. The third-order valence-corrected chi connectivity index (χ3v) is 3.40. The van der Waals surface area contributed by atoms with Crippen molar-refractivity contribution in [2.45, 2.75) is 32.5 Å². The summed E-state index contributed by atoms with van der Waals surface area (Å²) < 4.78 is 39.3. The lowest BCUT2D eigenvalue weighted by Gasteiger charge is -2.13. The molecule has 0 saturated heterocycles. The molecule has 0 aliphatic heterocycles. The fourth-order valence-electron chi connectivity index (χ4n) is 2.20. The number of fused-ring (bicyclic) bond motifs is 1. The molecule has 0 unspecified atom stereocenters. The summed E-state index contributed by atoms with van der Waals surface area (Å²) in [6, 6.07) is 4.82. The topological polar surface area (TPSA) is 30.9 Å². The molecule has 0 fully saturated rings. The highest BCUT2D eigenvalue weighted by Gasteiger charge is 2.29. The van der Waals surface area contributed by atoms with Crippen molar-refractivity contribution < 1.29 is 13.2 Å². The van der Waals surface area contributed by atoms with Crippen molar-refractivity contribution in [2.24, 2.45) is 0 Å². The van der Waals surface area contributed by atoms with E-state index in [2.05, 4.69) is 0 Å². The Kier molecular flexibility index (Phi) is 3.67. The number of alkyl halides is 3. The number of rotatable bonds is 3. The molecule has 1 aromatic heterocycles. The maximum absolute atomic E-state index is 12.7. The van der Waals surface area contributed by atoms with Gasteiger partial charge in [-0.25, -0.2) is 0 Å². The molecule has 1 heterocycles. The second-order valence-electron chi connectivity index (χ2n) is 4.49. The van der Waals surface area contributed by atoms with Crippen molar-refractivity contribution in [1.82, 2.24) is 4.57 Å². The third kappa shape index (κ3) is 2.81. The number of nitrogen functional groups attached to an aromatic ring is 1. The molecule has 2 nitrogen and oxygen atoms in total. The Morgan fingerprint density at radius 3 is 2.58 bits per heavy atom. The van der Waals surface area contributed by atoms with Crippen molar-refractivity contribution in [3.05, 3.63) is 28.9 Å². The molecule has 0 aliphatic rings. The summed E-state index contributed by atoms with van der Waals surface area (Å²) >= 11 is 6.06. The standard InChI is InChI=1S/C13H14ClF3N2/c1-2-3-8-6-9-11(5-4-10(18)12(9)14)19(8)7-13(15,16)17/h4-6H,2-3,7,18H2,1H3. The number of nitrogens with two attached hydrogens (primary N) is 1. The van der Waals surface area contributed by atoms with E-state index in [0.717, 1.165) is 6.42 Å². The van der Waals surface area contributed by atoms with Gasteiger partial charge in [0.2, 0.25) is 0 Å². The van der Waals surface area contributed by atoms with Gasteiger partial charge in [-0.1, -0.05) is 24.9 Å². The van der Waals surface area contributed by atoms with Crippen LogP contribution in [0, 0.1) is 0 Å². The molecule has 1 aromatic carbocycles. The molecular weight excluding hydrogens is 277 g/mol. The molecule has 0 saturated carbocycles. The van der Waals surface area contributed by atoms with Gasteiger partial charge in [-0.3, -0.25) is 0 Å². The smallest absolute Gasteiger partial charge is 0.398 e. The molecule has 0 aliphatic carbocycles. The average molecular weight is 291 g/mol. The molecule has 0 spiro atoms. The monoisotopic (exact) mass is 290 g/mol. The van der Waals surface area contributed by atoms with E-state index in [1.54, 1.807) is 12.1 Å². The third-order valence-electron chi connectivity index (χ3n) is 2.98. The number of aromatic nitrogens is 1. The molecule has 6 heteroatoms. The Bertz CT molecular complexity index is 602. The summed E-state index contributed by atoms with van der Waals surface area (Å²) in [5, 5.41) is 0.894. The van der Waals surface area contributed by atoms with E-state index in [4.69, 9.17) is 17.3 Å². The minimum atomic E-state index is -4.26. The Hall–Kier alpha value is -1.36. The first-order chi connectivity index (χ1) is 8.83. The molecular formula is C13H14ClF3N2. The normalized spacial score (nSPS) is 12.3. The summed E-state index contributed by atoms with van der Waals surface area (Å²) in [7, 11) is 0. The summed E-state index contributed by atoms with van der Waals surface area (Å²) in [4.78, 5) is 0. The van der Waals surface area contributed by atoms with Crippen LogP contribution in [0.5, 0.6) is 0 Å². The van der Waals surface area contributed by atoms with Crippen molar-refractivity contribution in [1.29, 1.82) is 0 Å².